The summed E-state index contributed by atoms with van der Waals surface area (Å²) < 4.78 is 9.41. The molecule has 3 heteroatoms. The lowest BCUT2D eigenvalue weighted by Gasteiger charge is -2.26. The van der Waals surface area contributed by atoms with Crippen LogP contribution in [0.2, 0.25) is 0 Å². The van der Waals surface area contributed by atoms with Crippen molar-refractivity contribution < 1.29 is 4.42 Å². The fourth-order valence-electron chi connectivity index (χ4n) is 8.14. The monoisotopic (exact) mass is 693 g/mol. The van der Waals surface area contributed by atoms with Crippen LogP contribution in [0.15, 0.2) is 192 Å². The molecule has 0 saturated carbocycles. The van der Waals surface area contributed by atoms with Crippen molar-refractivity contribution in [3.8, 4) is 22.3 Å². The molecule has 0 fully saturated rings. The van der Waals surface area contributed by atoms with Crippen molar-refractivity contribution in [2.45, 2.75) is 0 Å². The molecule has 11 aromatic rings. The van der Waals surface area contributed by atoms with Crippen LogP contribution in [0.4, 0.5) is 17.1 Å². The van der Waals surface area contributed by atoms with Gasteiger partial charge in [-0.25, -0.2) is 0 Å². The van der Waals surface area contributed by atoms with Gasteiger partial charge in [0.25, 0.3) is 0 Å². The quantitative estimate of drug-likeness (QED) is 0.178. The molecule has 2 heterocycles. The zero-order valence-corrected chi connectivity index (χ0v) is 29.5. The van der Waals surface area contributed by atoms with E-state index >= 15 is 0 Å². The summed E-state index contributed by atoms with van der Waals surface area (Å²) in [7, 11) is 0. The van der Waals surface area contributed by atoms with Gasteiger partial charge in [0.15, 0.2) is 5.58 Å². The molecule has 0 radical (unpaired) electrons. The number of nitrogens with zero attached hydrogens (tertiary/aromatic N) is 1. The Labute approximate surface area is 310 Å². The Hall–Kier alpha value is -6.68. The Bertz CT molecular complexity index is 3170. The molecule has 248 valence electrons. The molecular weight excluding hydrogens is 663 g/mol. The maximum Gasteiger partial charge on any atom is 0.159 e. The third kappa shape index (κ3) is 4.86. The average molecular weight is 694 g/mol. The largest absolute Gasteiger partial charge is 0.454 e. The highest BCUT2D eigenvalue weighted by Gasteiger charge is 2.21. The molecule has 9 aromatic carbocycles. The lowest BCUT2D eigenvalue weighted by molar-refractivity contribution is 0.669. The normalized spacial score (nSPS) is 11.8. The summed E-state index contributed by atoms with van der Waals surface area (Å²) in [6, 6.07) is 67.9. The zero-order valence-electron chi connectivity index (χ0n) is 28.7. The molecule has 0 N–H and O–H groups in total. The highest BCUT2D eigenvalue weighted by Crippen LogP contribution is 2.46. The number of anilines is 3. The number of hydrogen-bond donors (Lipinski definition) is 0. The van der Waals surface area contributed by atoms with E-state index in [1.165, 1.54) is 64.0 Å². The van der Waals surface area contributed by atoms with E-state index in [4.69, 9.17) is 4.42 Å². The molecule has 2 aromatic heterocycles. The van der Waals surface area contributed by atoms with Crippen LogP contribution in [0.1, 0.15) is 0 Å². The molecule has 0 unspecified atom stereocenters. The van der Waals surface area contributed by atoms with Gasteiger partial charge in [0.05, 0.1) is 5.69 Å². The minimum absolute atomic E-state index is 0.874. The average Bonchev–Trinajstić information content (AvgIpc) is 3.81. The summed E-state index contributed by atoms with van der Waals surface area (Å²) in [5.41, 5.74) is 9.71. The summed E-state index contributed by atoms with van der Waals surface area (Å²) in [6.45, 7) is 0. The molecule has 0 saturated heterocycles. The fraction of sp³-hybridized carbons (Fsp3) is 0. The van der Waals surface area contributed by atoms with E-state index < -0.39 is 0 Å². The van der Waals surface area contributed by atoms with E-state index in [0.717, 1.165) is 39.0 Å². The number of hydrogen-bond acceptors (Lipinski definition) is 3. The maximum absolute atomic E-state index is 6.82. The summed E-state index contributed by atoms with van der Waals surface area (Å²) in [5, 5.41) is 9.79. The van der Waals surface area contributed by atoms with Crippen LogP contribution < -0.4 is 4.90 Å². The number of benzene rings is 9. The lowest BCUT2D eigenvalue weighted by Crippen LogP contribution is -2.10. The minimum Gasteiger partial charge on any atom is -0.454 e. The lowest BCUT2D eigenvalue weighted by atomic mass is 9.98. The third-order valence-corrected chi connectivity index (χ3v) is 11.8. The summed E-state index contributed by atoms with van der Waals surface area (Å²) in [6.07, 6.45) is 0. The van der Waals surface area contributed by atoms with Crippen molar-refractivity contribution >= 4 is 92.1 Å². The predicted octanol–water partition coefficient (Wildman–Crippen LogP) is 15.1. The highest BCUT2D eigenvalue weighted by atomic mass is 32.1. The van der Waals surface area contributed by atoms with Crippen molar-refractivity contribution in [2.75, 3.05) is 4.90 Å². The Morgan fingerprint density at radius 2 is 0.981 bits per heavy atom. The molecular formula is C50H31NOS. The molecule has 2 nitrogen and oxygen atoms in total. The Morgan fingerprint density at radius 1 is 0.377 bits per heavy atom. The van der Waals surface area contributed by atoms with Crippen molar-refractivity contribution in [3.05, 3.63) is 188 Å². The van der Waals surface area contributed by atoms with Crippen molar-refractivity contribution in [3.63, 3.8) is 0 Å². The van der Waals surface area contributed by atoms with Gasteiger partial charge < -0.3 is 9.32 Å². The predicted molar refractivity (Wildman–Crippen MR) is 227 cm³/mol. The van der Waals surface area contributed by atoms with Crippen LogP contribution in [0.3, 0.4) is 0 Å². The second-order valence-electron chi connectivity index (χ2n) is 13.7. The molecule has 0 aliphatic heterocycles. The molecule has 53 heavy (non-hydrogen) atoms. The van der Waals surface area contributed by atoms with Gasteiger partial charge >= 0.3 is 0 Å². The minimum atomic E-state index is 0.874. The molecule has 0 bridgehead atoms. The SMILES string of the molecule is c1ccc(-c2cccc(-c3ccc(N(c4ccc5sc6ccc7ccccc7c6c5c4)c4cccc5c4oc4ccc6ccccc6c45)cc3)c2)cc1. The fourth-order valence-corrected chi connectivity index (χ4v) is 9.24. The van der Waals surface area contributed by atoms with E-state index in [0.29, 0.717) is 0 Å². The molecule has 0 amide bonds. The van der Waals surface area contributed by atoms with Gasteiger partial charge in [-0.15, -0.1) is 11.3 Å². The van der Waals surface area contributed by atoms with E-state index in [1.807, 2.05) is 11.3 Å². The number of furan rings is 1. The van der Waals surface area contributed by atoms with Gasteiger partial charge in [-0.2, -0.15) is 0 Å². The number of para-hydroxylation sites is 1. The first-order valence-electron chi connectivity index (χ1n) is 18.0. The number of fused-ring (bicyclic) bond motifs is 10. The van der Waals surface area contributed by atoms with Crippen molar-refractivity contribution in [1.82, 2.24) is 0 Å². The molecule has 0 atom stereocenters. The standard InChI is InChI=1S/C50H31NOS/c1-2-10-32(11-3-1)36-14-8-15-37(30-36)33-20-24-38(25-21-33)51(39-26-29-46-43(31-39)49-41-17-7-5-13-35(41)23-28-47(49)53-46)44-19-9-18-42-48-40-16-6-4-12-34(40)22-27-45(48)52-50(42)44/h1-31H. The van der Waals surface area contributed by atoms with Gasteiger partial charge in [-0.1, -0.05) is 133 Å². The van der Waals surface area contributed by atoms with E-state index in [-0.39, 0.29) is 0 Å². The second-order valence-corrected chi connectivity index (χ2v) is 14.8. The molecule has 0 spiro atoms. The van der Waals surface area contributed by atoms with E-state index in [1.54, 1.807) is 0 Å². The molecule has 0 aliphatic rings. The smallest absolute Gasteiger partial charge is 0.159 e. The van der Waals surface area contributed by atoms with Gasteiger partial charge in [0.2, 0.25) is 0 Å². The Kier molecular flexibility index (Phi) is 6.76. The summed E-state index contributed by atoms with van der Waals surface area (Å²) in [5.74, 6) is 0. The van der Waals surface area contributed by atoms with Crippen LogP contribution in [0.5, 0.6) is 0 Å². The zero-order chi connectivity index (χ0) is 34.9. The van der Waals surface area contributed by atoms with Gasteiger partial charge in [0, 0.05) is 42.3 Å². The molecule has 0 aliphatic carbocycles. The third-order valence-electron chi connectivity index (χ3n) is 10.6. The Balaban J connectivity index is 1.12. The number of thiophene rings is 1. The maximum atomic E-state index is 6.82. The molecule has 11 rings (SSSR count). The first-order valence-corrected chi connectivity index (χ1v) is 18.8. The summed E-state index contributed by atoms with van der Waals surface area (Å²) in [4.78, 5) is 2.37. The Morgan fingerprint density at radius 3 is 1.77 bits per heavy atom. The van der Waals surface area contributed by atoms with E-state index in [9.17, 15) is 0 Å². The first kappa shape index (κ1) is 30.0. The van der Waals surface area contributed by atoms with Gasteiger partial charge in [0.1, 0.15) is 5.58 Å². The first-order chi connectivity index (χ1) is 26.3. The topological polar surface area (TPSA) is 16.4 Å². The van der Waals surface area contributed by atoms with Crippen LogP contribution in [-0.4, -0.2) is 0 Å². The van der Waals surface area contributed by atoms with Gasteiger partial charge in [-0.05, 0) is 98.4 Å². The van der Waals surface area contributed by atoms with E-state index in [2.05, 4.69) is 193 Å². The summed E-state index contributed by atoms with van der Waals surface area (Å²) >= 11 is 1.86. The van der Waals surface area contributed by atoms with Crippen LogP contribution >= 0.6 is 11.3 Å². The highest BCUT2D eigenvalue weighted by molar-refractivity contribution is 7.26. The van der Waals surface area contributed by atoms with Crippen molar-refractivity contribution in [2.24, 2.45) is 0 Å². The van der Waals surface area contributed by atoms with Crippen molar-refractivity contribution in [1.29, 1.82) is 0 Å². The number of rotatable bonds is 5. The van der Waals surface area contributed by atoms with Crippen LogP contribution in [-0.2, 0) is 0 Å². The second kappa shape index (κ2) is 11.9. The van der Waals surface area contributed by atoms with Crippen LogP contribution in [0.25, 0.3) is 85.9 Å². The van der Waals surface area contributed by atoms with Gasteiger partial charge in [-0.3, -0.25) is 0 Å². The van der Waals surface area contributed by atoms with Crippen LogP contribution in [0, 0.1) is 0 Å².